The highest BCUT2D eigenvalue weighted by Gasteiger charge is 2.47. The van der Waals surface area contributed by atoms with Gasteiger partial charge in [-0.1, -0.05) is 55.3 Å². The molecular weight excluding hydrogens is 376 g/mol. The van der Waals surface area contributed by atoms with E-state index in [1.165, 1.54) is 6.42 Å². The van der Waals surface area contributed by atoms with E-state index >= 15 is 0 Å². The van der Waals surface area contributed by atoms with Crippen LogP contribution in [0.1, 0.15) is 53.6 Å². The molecule has 0 radical (unpaired) electrons. The van der Waals surface area contributed by atoms with Gasteiger partial charge in [-0.3, -0.25) is 9.59 Å². The van der Waals surface area contributed by atoms with Crippen molar-refractivity contribution in [2.75, 3.05) is 7.11 Å². The van der Waals surface area contributed by atoms with Crippen LogP contribution in [0.25, 0.3) is 0 Å². The minimum absolute atomic E-state index is 0.0232. The molecule has 1 aliphatic heterocycles. The summed E-state index contributed by atoms with van der Waals surface area (Å²) in [7, 11) is 1.67. The minimum atomic E-state index is -0.402. The Balaban J connectivity index is 1.52. The smallest absolute Gasteiger partial charge is 0.254 e. The first-order valence-electron chi connectivity index (χ1n) is 10.9. The van der Waals surface area contributed by atoms with E-state index in [2.05, 4.69) is 5.32 Å². The Hall–Kier alpha value is -2.66. The van der Waals surface area contributed by atoms with Crippen molar-refractivity contribution in [2.24, 2.45) is 5.92 Å². The molecule has 1 saturated heterocycles. The lowest BCUT2D eigenvalue weighted by molar-refractivity contribution is -0.125. The van der Waals surface area contributed by atoms with Gasteiger partial charge in [0, 0.05) is 25.3 Å². The summed E-state index contributed by atoms with van der Waals surface area (Å²) >= 11 is 0. The largest absolute Gasteiger partial charge is 0.380 e. The Morgan fingerprint density at radius 1 is 1.00 bits per heavy atom. The van der Waals surface area contributed by atoms with Crippen molar-refractivity contribution in [3.63, 3.8) is 0 Å². The van der Waals surface area contributed by atoms with Crippen LogP contribution >= 0.6 is 0 Å². The Labute approximate surface area is 178 Å². The summed E-state index contributed by atoms with van der Waals surface area (Å²) in [6.07, 6.45) is 5.16. The molecule has 158 valence electrons. The van der Waals surface area contributed by atoms with Gasteiger partial charge in [-0.05, 0) is 48.4 Å². The molecule has 1 saturated carbocycles. The van der Waals surface area contributed by atoms with Gasteiger partial charge in [0.25, 0.3) is 5.91 Å². The van der Waals surface area contributed by atoms with E-state index in [9.17, 15) is 9.59 Å². The zero-order chi connectivity index (χ0) is 20.9. The number of fused-ring (bicyclic) bond motifs is 1. The molecule has 2 aromatic carbocycles. The third-order valence-corrected chi connectivity index (χ3v) is 6.52. The van der Waals surface area contributed by atoms with E-state index in [0.717, 1.165) is 36.8 Å². The van der Waals surface area contributed by atoms with Crippen molar-refractivity contribution in [1.82, 2.24) is 10.2 Å². The SMILES string of the molecule is COCc1ccccc1CNC(=O)C1CC2CCCCC2N1C(=O)c1ccccc1. The van der Waals surface area contributed by atoms with E-state index in [1.807, 2.05) is 59.5 Å². The van der Waals surface area contributed by atoms with Crippen molar-refractivity contribution < 1.29 is 14.3 Å². The molecule has 5 nitrogen and oxygen atoms in total. The predicted molar refractivity (Wildman–Crippen MR) is 116 cm³/mol. The topological polar surface area (TPSA) is 58.6 Å². The van der Waals surface area contributed by atoms with Crippen LogP contribution in [0.2, 0.25) is 0 Å². The molecule has 0 bridgehead atoms. The van der Waals surface area contributed by atoms with Gasteiger partial charge in [-0.25, -0.2) is 0 Å². The van der Waals surface area contributed by atoms with Crippen LogP contribution in [0.5, 0.6) is 0 Å². The number of nitrogens with zero attached hydrogens (tertiary/aromatic N) is 1. The molecule has 2 aliphatic rings. The molecule has 3 unspecified atom stereocenters. The molecule has 2 aromatic rings. The number of carbonyl (C=O) groups excluding carboxylic acids is 2. The van der Waals surface area contributed by atoms with Crippen LogP contribution in [0.4, 0.5) is 0 Å². The molecule has 30 heavy (non-hydrogen) atoms. The number of amides is 2. The maximum atomic E-state index is 13.4. The van der Waals surface area contributed by atoms with Gasteiger partial charge in [0.1, 0.15) is 6.04 Å². The van der Waals surface area contributed by atoms with Crippen LogP contribution in [0.3, 0.4) is 0 Å². The first-order chi connectivity index (χ1) is 14.7. The number of hydrogen-bond donors (Lipinski definition) is 1. The predicted octanol–water partition coefficient (Wildman–Crippen LogP) is 3.92. The van der Waals surface area contributed by atoms with Crippen molar-refractivity contribution in [2.45, 2.75) is 57.3 Å². The summed E-state index contributed by atoms with van der Waals surface area (Å²) in [4.78, 5) is 28.5. The number of methoxy groups -OCH3 is 1. The van der Waals surface area contributed by atoms with Gasteiger partial charge in [0.05, 0.1) is 6.61 Å². The highest BCUT2D eigenvalue weighted by Crippen LogP contribution is 2.40. The molecule has 2 amide bonds. The van der Waals surface area contributed by atoms with E-state index in [0.29, 0.717) is 24.6 Å². The Bertz CT molecular complexity index is 883. The van der Waals surface area contributed by atoms with Crippen LogP contribution in [0.15, 0.2) is 54.6 Å². The lowest BCUT2D eigenvalue weighted by Gasteiger charge is -2.33. The zero-order valence-corrected chi connectivity index (χ0v) is 17.5. The number of nitrogens with one attached hydrogen (secondary N) is 1. The molecule has 2 fully saturated rings. The number of carbonyl (C=O) groups is 2. The lowest BCUT2D eigenvalue weighted by Crippen LogP contribution is -2.49. The van der Waals surface area contributed by atoms with Gasteiger partial charge in [0.15, 0.2) is 0 Å². The molecule has 3 atom stereocenters. The van der Waals surface area contributed by atoms with Crippen LogP contribution in [0, 0.1) is 5.92 Å². The molecule has 1 aliphatic carbocycles. The van der Waals surface area contributed by atoms with Crippen LogP contribution < -0.4 is 5.32 Å². The second-order valence-electron chi connectivity index (χ2n) is 8.36. The van der Waals surface area contributed by atoms with E-state index in [-0.39, 0.29) is 17.9 Å². The van der Waals surface area contributed by atoms with Crippen LogP contribution in [-0.2, 0) is 22.7 Å². The second kappa shape index (κ2) is 9.43. The monoisotopic (exact) mass is 406 g/mol. The minimum Gasteiger partial charge on any atom is -0.380 e. The van der Waals surface area contributed by atoms with Gasteiger partial charge in [-0.2, -0.15) is 0 Å². The Morgan fingerprint density at radius 2 is 1.70 bits per heavy atom. The summed E-state index contributed by atoms with van der Waals surface area (Å²) in [5, 5.41) is 3.10. The number of rotatable bonds is 6. The quantitative estimate of drug-likeness (QED) is 0.791. The van der Waals surface area contributed by atoms with Gasteiger partial charge in [0.2, 0.25) is 5.91 Å². The van der Waals surface area contributed by atoms with Crippen molar-refractivity contribution in [3.05, 3.63) is 71.3 Å². The number of ether oxygens (including phenoxy) is 1. The number of hydrogen-bond acceptors (Lipinski definition) is 3. The van der Waals surface area contributed by atoms with Crippen LogP contribution in [-0.4, -0.2) is 35.9 Å². The Morgan fingerprint density at radius 3 is 2.47 bits per heavy atom. The van der Waals surface area contributed by atoms with E-state index in [1.54, 1.807) is 7.11 Å². The lowest BCUT2D eigenvalue weighted by atomic mass is 9.84. The molecule has 0 aromatic heterocycles. The number of likely N-dealkylation sites (tertiary alicyclic amines) is 1. The third kappa shape index (κ3) is 4.26. The van der Waals surface area contributed by atoms with Crippen molar-refractivity contribution in [1.29, 1.82) is 0 Å². The maximum absolute atomic E-state index is 13.4. The maximum Gasteiger partial charge on any atom is 0.254 e. The summed E-state index contributed by atoms with van der Waals surface area (Å²) < 4.78 is 5.27. The standard InChI is InChI=1S/C25H30N2O3/c1-30-17-21-13-6-5-12-20(21)16-26-24(28)23-15-19-11-7-8-14-22(19)27(23)25(29)18-9-3-2-4-10-18/h2-6,9-10,12-13,19,22-23H,7-8,11,14-17H2,1H3,(H,26,28). The third-order valence-electron chi connectivity index (χ3n) is 6.52. The fraction of sp³-hybridized carbons (Fsp3) is 0.440. The molecule has 4 rings (SSSR count). The van der Waals surface area contributed by atoms with Gasteiger partial charge >= 0.3 is 0 Å². The molecule has 0 spiro atoms. The molecule has 5 heteroatoms. The van der Waals surface area contributed by atoms with Crippen molar-refractivity contribution in [3.8, 4) is 0 Å². The Kier molecular flexibility index (Phi) is 6.48. The second-order valence-corrected chi connectivity index (χ2v) is 8.36. The highest BCUT2D eigenvalue weighted by molar-refractivity contribution is 5.98. The van der Waals surface area contributed by atoms with E-state index in [4.69, 9.17) is 4.74 Å². The fourth-order valence-corrected chi connectivity index (χ4v) is 5.04. The summed E-state index contributed by atoms with van der Waals surface area (Å²) in [6.45, 7) is 0.954. The molecule has 1 N–H and O–H groups in total. The fourth-order valence-electron chi connectivity index (χ4n) is 5.04. The summed E-state index contributed by atoms with van der Waals surface area (Å²) in [6, 6.07) is 17.1. The van der Waals surface area contributed by atoms with E-state index < -0.39 is 6.04 Å². The van der Waals surface area contributed by atoms with Gasteiger partial charge < -0.3 is 15.0 Å². The first-order valence-corrected chi connectivity index (χ1v) is 10.9. The first kappa shape index (κ1) is 20.6. The molecular formula is C25H30N2O3. The van der Waals surface area contributed by atoms with Gasteiger partial charge in [-0.15, -0.1) is 0 Å². The zero-order valence-electron chi connectivity index (χ0n) is 17.5. The highest BCUT2D eigenvalue weighted by atomic mass is 16.5. The molecule has 1 heterocycles. The summed E-state index contributed by atoms with van der Waals surface area (Å²) in [5.41, 5.74) is 2.77. The number of benzene rings is 2. The summed E-state index contributed by atoms with van der Waals surface area (Å²) in [5.74, 6) is 0.341. The normalized spacial score (nSPS) is 23.1. The average Bonchev–Trinajstić information content (AvgIpc) is 3.18. The van der Waals surface area contributed by atoms with Crippen molar-refractivity contribution >= 4 is 11.8 Å². The average molecular weight is 407 g/mol.